The van der Waals surface area contributed by atoms with Crippen molar-refractivity contribution >= 4 is 22.8 Å². The monoisotopic (exact) mass is 249 g/mol. The molecule has 0 fully saturated rings. The molecule has 18 heavy (non-hydrogen) atoms. The van der Waals surface area contributed by atoms with Crippen LogP contribution in [0.15, 0.2) is 22.6 Å². The number of aliphatic hydroxyl groups is 1. The lowest BCUT2D eigenvalue weighted by Crippen LogP contribution is -2.27. The second kappa shape index (κ2) is 5.73. The number of anilines is 2. The minimum absolute atomic E-state index is 0.0879. The van der Waals surface area contributed by atoms with Crippen LogP contribution in [0, 0.1) is 0 Å². The summed E-state index contributed by atoms with van der Waals surface area (Å²) in [6.45, 7) is 3.58. The largest absolute Gasteiger partial charge is 0.423 e. The number of rotatable bonds is 6. The molecule has 1 aromatic heterocycles. The van der Waals surface area contributed by atoms with Gasteiger partial charge in [-0.1, -0.05) is 13.3 Å². The van der Waals surface area contributed by atoms with Crippen LogP contribution in [0.3, 0.4) is 0 Å². The first-order valence-electron chi connectivity index (χ1n) is 6.26. The van der Waals surface area contributed by atoms with E-state index in [0.717, 1.165) is 30.5 Å². The van der Waals surface area contributed by atoms with Crippen LogP contribution in [0.1, 0.15) is 19.8 Å². The molecule has 0 aliphatic carbocycles. The van der Waals surface area contributed by atoms with Crippen LogP contribution in [-0.2, 0) is 0 Å². The number of hydrogen-bond acceptors (Lipinski definition) is 5. The van der Waals surface area contributed by atoms with Crippen LogP contribution in [0.5, 0.6) is 0 Å². The van der Waals surface area contributed by atoms with E-state index >= 15 is 0 Å². The van der Waals surface area contributed by atoms with Gasteiger partial charge in [0, 0.05) is 18.8 Å². The molecule has 1 heterocycles. The fourth-order valence-electron chi connectivity index (χ4n) is 1.84. The predicted octanol–water partition coefficient (Wildman–Crippen LogP) is 2.01. The van der Waals surface area contributed by atoms with Gasteiger partial charge in [0.2, 0.25) is 0 Å². The van der Waals surface area contributed by atoms with Crippen LogP contribution < -0.4 is 10.6 Å². The summed E-state index contributed by atoms with van der Waals surface area (Å²) in [5.74, 6) is 0. The van der Waals surface area contributed by atoms with E-state index in [4.69, 9.17) is 15.3 Å². The Morgan fingerprint density at radius 1 is 1.39 bits per heavy atom. The summed E-state index contributed by atoms with van der Waals surface area (Å²) in [5, 5.41) is 9.09. The van der Waals surface area contributed by atoms with Gasteiger partial charge in [0.05, 0.1) is 6.61 Å². The van der Waals surface area contributed by atoms with Crippen molar-refractivity contribution in [1.82, 2.24) is 4.98 Å². The highest BCUT2D eigenvalue weighted by Gasteiger charge is 2.13. The third-order valence-corrected chi connectivity index (χ3v) is 2.82. The number of hydrogen-bond donors (Lipinski definition) is 2. The summed E-state index contributed by atoms with van der Waals surface area (Å²) in [5.41, 5.74) is 7.86. The van der Waals surface area contributed by atoms with E-state index in [1.807, 2.05) is 11.0 Å². The van der Waals surface area contributed by atoms with Gasteiger partial charge in [-0.05, 0) is 24.6 Å². The lowest BCUT2D eigenvalue weighted by atomic mass is 10.3. The molecule has 0 spiro atoms. The molecule has 0 saturated heterocycles. The smallest absolute Gasteiger partial charge is 0.298 e. The van der Waals surface area contributed by atoms with Crippen LogP contribution >= 0.6 is 0 Å². The zero-order chi connectivity index (χ0) is 13.0. The van der Waals surface area contributed by atoms with Gasteiger partial charge in [0.1, 0.15) is 5.52 Å². The maximum absolute atomic E-state index is 9.09. The fourth-order valence-corrected chi connectivity index (χ4v) is 1.84. The number of aromatic nitrogens is 1. The van der Waals surface area contributed by atoms with E-state index in [1.165, 1.54) is 0 Å². The number of unbranched alkanes of at least 4 members (excludes halogenated alkanes) is 1. The van der Waals surface area contributed by atoms with E-state index in [1.54, 1.807) is 12.1 Å². The lowest BCUT2D eigenvalue weighted by molar-refractivity contribution is 0.298. The van der Waals surface area contributed by atoms with E-state index in [-0.39, 0.29) is 6.61 Å². The Kier molecular flexibility index (Phi) is 4.04. The molecule has 3 N–H and O–H groups in total. The summed E-state index contributed by atoms with van der Waals surface area (Å²) in [6.07, 6.45) is 2.13. The molecule has 2 rings (SSSR count). The standard InChI is InChI=1S/C13H19N3O2/c1-2-3-6-16(7-8-17)13-15-11-9-10(14)4-5-12(11)18-13/h4-5,9,17H,2-3,6-8,14H2,1H3. The number of nitrogen functional groups attached to an aromatic ring is 1. The van der Waals surface area contributed by atoms with Gasteiger partial charge in [-0.25, -0.2) is 0 Å². The molecule has 5 nitrogen and oxygen atoms in total. The molecular formula is C13H19N3O2. The van der Waals surface area contributed by atoms with Crippen LogP contribution in [0.2, 0.25) is 0 Å². The molecule has 1 aromatic carbocycles. The Morgan fingerprint density at radius 3 is 2.94 bits per heavy atom. The number of oxazole rings is 1. The van der Waals surface area contributed by atoms with Crippen LogP contribution in [0.4, 0.5) is 11.7 Å². The zero-order valence-electron chi connectivity index (χ0n) is 10.6. The minimum Gasteiger partial charge on any atom is -0.423 e. The number of aliphatic hydroxyl groups excluding tert-OH is 1. The van der Waals surface area contributed by atoms with Crippen molar-refractivity contribution in [2.24, 2.45) is 0 Å². The van der Waals surface area contributed by atoms with Gasteiger partial charge in [0.25, 0.3) is 6.01 Å². The molecule has 5 heteroatoms. The van der Waals surface area contributed by atoms with Crippen LogP contribution in [0.25, 0.3) is 11.1 Å². The molecule has 98 valence electrons. The number of nitrogens with zero attached hydrogens (tertiary/aromatic N) is 2. The van der Waals surface area contributed by atoms with Crippen molar-refractivity contribution in [2.45, 2.75) is 19.8 Å². The lowest BCUT2D eigenvalue weighted by Gasteiger charge is -2.18. The Hall–Kier alpha value is -1.75. The average molecular weight is 249 g/mol. The first-order valence-corrected chi connectivity index (χ1v) is 6.26. The second-order valence-electron chi connectivity index (χ2n) is 4.29. The number of fused-ring (bicyclic) bond motifs is 1. The topological polar surface area (TPSA) is 75.5 Å². The zero-order valence-corrected chi connectivity index (χ0v) is 10.6. The first-order chi connectivity index (χ1) is 8.74. The Morgan fingerprint density at radius 2 is 2.22 bits per heavy atom. The second-order valence-corrected chi connectivity index (χ2v) is 4.29. The summed E-state index contributed by atoms with van der Waals surface area (Å²) < 4.78 is 5.68. The highest BCUT2D eigenvalue weighted by atomic mass is 16.4. The average Bonchev–Trinajstić information content (AvgIpc) is 2.77. The van der Waals surface area contributed by atoms with Crippen molar-refractivity contribution in [3.05, 3.63) is 18.2 Å². The van der Waals surface area contributed by atoms with E-state index in [9.17, 15) is 0 Å². The van der Waals surface area contributed by atoms with E-state index < -0.39 is 0 Å². The molecule has 0 aliphatic rings. The summed E-state index contributed by atoms with van der Waals surface area (Å²) in [4.78, 5) is 6.37. The highest BCUT2D eigenvalue weighted by molar-refractivity contribution is 5.78. The fraction of sp³-hybridized carbons (Fsp3) is 0.462. The SMILES string of the molecule is CCCCN(CCO)c1nc2cc(N)ccc2o1. The third-order valence-electron chi connectivity index (χ3n) is 2.82. The van der Waals surface area contributed by atoms with Crippen molar-refractivity contribution in [2.75, 3.05) is 30.3 Å². The predicted molar refractivity (Wildman–Crippen MR) is 72.6 cm³/mol. The quantitative estimate of drug-likeness (QED) is 0.766. The first kappa shape index (κ1) is 12.7. The summed E-state index contributed by atoms with van der Waals surface area (Å²) in [7, 11) is 0. The van der Waals surface area contributed by atoms with Gasteiger partial charge in [-0.2, -0.15) is 4.98 Å². The normalized spacial score (nSPS) is 11.0. The molecule has 0 bridgehead atoms. The van der Waals surface area contributed by atoms with Gasteiger partial charge >= 0.3 is 0 Å². The van der Waals surface area contributed by atoms with E-state index in [0.29, 0.717) is 18.2 Å². The van der Waals surface area contributed by atoms with E-state index in [2.05, 4.69) is 11.9 Å². The van der Waals surface area contributed by atoms with Crippen molar-refractivity contribution < 1.29 is 9.52 Å². The molecule has 0 saturated carbocycles. The number of benzene rings is 1. The maximum atomic E-state index is 9.09. The van der Waals surface area contributed by atoms with Crippen molar-refractivity contribution in [3.8, 4) is 0 Å². The molecule has 2 aromatic rings. The van der Waals surface area contributed by atoms with Crippen molar-refractivity contribution in [1.29, 1.82) is 0 Å². The third kappa shape index (κ3) is 2.73. The van der Waals surface area contributed by atoms with Crippen molar-refractivity contribution in [3.63, 3.8) is 0 Å². The molecule has 0 unspecified atom stereocenters. The number of nitrogens with two attached hydrogens (primary N) is 1. The summed E-state index contributed by atoms with van der Waals surface area (Å²) in [6, 6.07) is 5.95. The molecule has 0 atom stereocenters. The van der Waals surface area contributed by atoms with Gasteiger partial charge < -0.3 is 20.2 Å². The Bertz CT molecular complexity index is 510. The highest BCUT2D eigenvalue weighted by Crippen LogP contribution is 2.23. The van der Waals surface area contributed by atoms with Gasteiger partial charge in [-0.15, -0.1) is 0 Å². The molecule has 0 aliphatic heterocycles. The molecule has 0 radical (unpaired) electrons. The maximum Gasteiger partial charge on any atom is 0.298 e. The minimum atomic E-state index is 0.0879. The Labute approximate surface area is 106 Å². The summed E-state index contributed by atoms with van der Waals surface area (Å²) >= 11 is 0. The van der Waals surface area contributed by atoms with Gasteiger partial charge in [-0.3, -0.25) is 0 Å². The Balaban J connectivity index is 2.26. The molecular weight excluding hydrogens is 230 g/mol. The van der Waals surface area contributed by atoms with Crippen LogP contribution in [-0.4, -0.2) is 29.8 Å². The van der Waals surface area contributed by atoms with Gasteiger partial charge in [0.15, 0.2) is 5.58 Å². The molecule has 0 amide bonds.